The van der Waals surface area contributed by atoms with Crippen LogP contribution in [0, 0.1) is 34.0 Å². The quantitative estimate of drug-likeness (QED) is 0.393. The van der Waals surface area contributed by atoms with Crippen LogP contribution in [0.15, 0.2) is 29.8 Å². The van der Waals surface area contributed by atoms with E-state index in [0.29, 0.717) is 30.9 Å². The zero-order valence-corrected chi connectivity index (χ0v) is 16.4. The predicted molar refractivity (Wildman–Crippen MR) is 105 cm³/mol. The second kappa shape index (κ2) is 11.0. The van der Waals surface area contributed by atoms with Crippen LogP contribution < -0.4 is 0 Å². The lowest BCUT2D eigenvalue weighted by molar-refractivity contribution is -0.546. The van der Waals surface area contributed by atoms with Crippen LogP contribution in [-0.4, -0.2) is 43.4 Å². The summed E-state index contributed by atoms with van der Waals surface area (Å²) in [5.74, 6) is -0.793. The van der Waals surface area contributed by atoms with Crippen molar-refractivity contribution in [1.82, 2.24) is 0 Å². The number of rotatable bonds is 8. The van der Waals surface area contributed by atoms with E-state index in [0.717, 1.165) is 30.5 Å². The number of hydrogen-bond donors (Lipinski definition) is 0. The van der Waals surface area contributed by atoms with Crippen molar-refractivity contribution in [3.63, 3.8) is 0 Å². The highest BCUT2D eigenvalue weighted by Crippen LogP contribution is 2.24. The first-order chi connectivity index (χ1) is 13.7. The molecule has 1 aliphatic heterocycles. The number of nitrogens with zero attached hydrogens (tertiary/aromatic N) is 4. The Labute approximate surface area is 166 Å². The average Bonchev–Trinajstić information content (AvgIpc) is 2.71. The molecule has 144 valence electrons. The van der Waals surface area contributed by atoms with E-state index < -0.39 is 5.92 Å². The van der Waals surface area contributed by atoms with Gasteiger partial charge in [0.25, 0.3) is 0 Å². The first-order valence-electron chi connectivity index (χ1n) is 9.51. The average molecular weight is 377 g/mol. The Hall–Kier alpha value is -2.98. The fourth-order valence-electron chi connectivity index (χ4n) is 3.21. The van der Waals surface area contributed by atoms with Crippen LogP contribution in [0.25, 0.3) is 5.57 Å². The van der Waals surface area contributed by atoms with Crippen molar-refractivity contribution in [1.29, 1.82) is 15.8 Å². The third-order valence-electron chi connectivity index (χ3n) is 4.54. The normalized spacial score (nSPS) is 15.5. The van der Waals surface area contributed by atoms with Gasteiger partial charge in [0.15, 0.2) is 18.7 Å². The van der Waals surface area contributed by atoms with E-state index >= 15 is 0 Å². The number of hydrogen-bond acceptors (Lipinski definition) is 5. The van der Waals surface area contributed by atoms with E-state index in [-0.39, 0.29) is 6.29 Å². The number of benzene rings is 1. The first-order valence-corrected chi connectivity index (χ1v) is 9.51. The SMILES string of the molecule is CCOC(C[N+]1=C/C(=C(/C#N)c2ccc(C(C#N)C#N)cc2)CCC1)OCC. The Morgan fingerprint density at radius 2 is 1.71 bits per heavy atom. The highest BCUT2D eigenvalue weighted by Gasteiger charge is 2.22. The van der Waals surface area contributed by atoms with Gasteiger partial charge < -0.3 is 9.47 Å². The molecule has 0 radical (unpaired) electrons. The van der Waals surface area contributed by atoms with Gasteiger partial charge in [-0.25, -0.2) is 4.58 Å². The van der Waals surface area contributed by atoms with Gasteiger partial charge in [-0.3, -0.25) is 0 Å². The molecule has 0 atom stereocenters. The van der Waals surface area contributed by atoms with Crippen molar-refractivity contribution >= 4 is 11.8 Å². The van der Waals surface area contributed by atoms with E-state index in [4.69, 9.17) is 20.0 Å². The maximum absolute atomic E-state index is 9.74. The van der Waals surface area contributed by atoms with E-state index in [9.17, 15) is 5.26 Å². The van der Waals surface area contributed by atoms with Gasteiger partial charge in [0.2, 0.25) is 6.29 Å². The van der Waals surface area contributed by atoms with Gasteiger partial charge in [0.05, 0.1) is 17.7 Å². The van der Waals surface area contributed by atoms with Gasteiger partial charge in [-0.2, -0.15) is 15.8 Å². The minimum atomic E-state index is -0.793. The molecule has 0 saturated carbocycles. The molecule has 6 heteroatoms. The fourth-order valence-corrected chi connectivity index (χ4v) is 3.21. The zero-order valence-electron chi connectivity index (χ0n) is 16.4. The molecule has 0 fully saturated rings. The van der Waals surface area contributed by atoms with Gasteiger partial charge in [-0.05, 0) is 31.4 Å². The molecule has 1 aromatic carbocycles. The molecule has 0 spiro atoms. The van der Waals surface area contributed by atoms with E-state index in [1.165, 1.54) is 0 Å². The molecule has 1 aromatic rings. The monoisotopic (exact) mass is 377 g/mol. The van der Waals surface area contributed by atoms with Crippen molar-refractivity contribution in [2.45, 2.75) is 38.9 Å². The lowest BCUT2D eigenvalue weighted by Gasteiger charge is -2.18. The molecule has 0 saturated heterocycles. The van der Waals surface area contributed by atoms with Crippen LogP contribution in [0.5, 0.6) is 0 Å². The summed E-state index contributed by atoms with van der Waals surface area (Å²) in [6.07, 6.45) is 3.51. The summed E-state index contributed by atoms with van der Waals surface area (Å²) in [4.78, 5) is 0. The smallest absolute Gasteiger partial charge is 0.217 e. The molecular weight excluding hydrogens is 352 g/mol. The molecule has 2 rings (SSSR count). The Balaban J connectivity index is 2.29. The third-order valence-corrected chi connectivity index (χ3v) is 4.54. The summed E-state index contributed by atoms with van der Waals surface area (Å²) in [6.45, 7) is 6.57. The van der Waals surface area contributed by atoms with E-state index in [2.05, 4.69) is 10.6 Å². The molecule has 1 heterocycles. The lowest BCUT2D eigenvalue weighted by Crippen LogP contribution is -2.33. The number of allylic oxidation sites excluding steroid dienone is 2. The van der Waals surface area contributed by atoms with Crippen LogP contribution in [-0.2, 0) is 9.47 Å². The van der Waals surface area contributed by atoms with Crippen LogP contribution in [0.1, 0.15) is 43.7 Å². The first kappa shape index (κ1) is 21.3. The minimum absolute atomic E-state index is 0.288. The molecule has 6 nitrogen and oxygen atoms in total. The summed E-state index contributed by atoms with van der Waals surface area (Å²) < 4.78 is 13.4. The van der Waals surface area contributed by atoms with Gasteiger partial charge in [-0.15, -0.1) is 0 Å². The molecule has 0 aromatic heterocycles. The topological polar surface area (TPSA) is 92.8 Å². The van der Waals surface area contributed by atoms with Crippen LogP contribution in [0.4, 0.5) is 0 Å². The molecule has 1 aliphatic rings. The fraction of sp³-hybridized carbons (Fsp3) is 0.455. The molecule has 0 unspecified atom stereocenters. The highest BCUT2D eigenvalue weighted by atomic mass is 16.7. The van der Waals surface area contributed by atoms with Crippen LogP contribution in [0.2, 0.25) is 0 Å². The highest BCUT2D eigenvalue weighted by molar-refractivity contribution is 5.94. The third kappa shape index (κ3) is 5.51. The maximum Gasteiger partial charge on any atom is 0.217 e. The van der Waals surface area contributed by atoms with E-state index in [1.807, 2.05) is 32.2 Å². The van der Waals surface area contributed by atoms with Crippen LogP contribution >= 0.6 is 0 Å². The molecule has 0 bridgehead atoms. The summed E-state index contributed by atoms with van der Waals surface area (Å²) in [7, 11) is 0. The Bertz CT molecular complexity index is 830. The van der Waals surface area contributed by atoms with Crippen molar-refractivity contribution in [2.75, 3.05) is 26.3 Å². The Morgan fingerprint density at radius 3 is 2.25 bits per heavy atom. The van der Waals surface area contributed by atoms with Gasteiger partial charge in [0.1, 0.15) is 12.6 Å². The summed E-state index contributed by atoms with van der Waals surface area (Å²) in [6, 6.07) is 13.3. The lowest BCUT2D eigenvalue weighted by atomic mass is 9.94. The summed E-state index contributed by atoms with van der Waals surface area (Å²) >= 11 is 0. The van der Waals surface area contributed by atoms with Crippen molar-refractivity contribution in [3.05, 3.63) is 41.0 Å². The second-order valence-electron chi connectivity index (χ2n) is 6.39. The standard InChI is InChI=1S/C22H25N4O2/c1-3-27-22(28-4-2)16-26-11-5-6-19(15-26)21(14-25)18-9-7-17(8-10-18)20(12-23)13-24/h7-10,15,20,22H,3-6,11,16H2,1-2H3/q+1/b21-19-. The van der Waals surface area contributed by atoms with Crippen molar-refractivity contribution in [2.24, 2.45) is 0 Å². The van der Waals surface area contributed by atoms with Crippen LogP contribution in [0.3, 0.4) is 0 Å². The summed E-state index contributed by atoms with van der Waals surface area (Å²) in [5.41, 5.74) is 3.03. The molecule has 0 aliphatic carbocycles. The van der Waals surface area contributed by atoms with Crippen molar-refractivity contribution < 1.29 is 14.0 Å². The minimum Gasteiger partial charge on any atom is -0.347 e. The Morgan fingerprint density at radius 1 is 1.07 bits per heavy atom. The second-order valence-corrected chi connectivity index (χ2v) is 6.39. The molecule has 0 amide bonds. The molecule has 0 N–H and O–H groups in total. The van der Waals surface area contributed by atoms with E-state index in [1.54, 1.807) is 24.3 Å². The maximum atomic E-state index is 9.74. The number of nitriles is 3. The zero-order chi connectivity index (χ0) is 20.4. The molecule has 28 heavy (non-hydrogen) atoms. The molecular formula is C22H25N4O2+. The van der Waals surface area contributed by atoms with Gasteiger partial charge >= 0.3 is 0 Å². The van der Waals surface area contributed by atoms with Gasteiger partial charge in [-0.1, -0.05) is 24.3 Å². The number of ether oxygens (including phenoxy) is 2. The van der Waals surface area contributed by atoms with Crippen molar-refractivity contribution in [3.8, 4) is 18.2 Å². The predicted octanol–water partition coefficient (Wildman–Crippen LogP) is 3.37. The Kier molecular flexibility index (Phi) is 8.37. The van der Waals surface area contributed by atoms with Gasteiger partial charge in [0, 0.05) is 25.2 Å². The summed E-state index contributed by atoms with van der Waals surface area (Å²) in [5, 5.41) is 27.8. The largest absolute Gasteiger partial charge is 0.347 e.